The number of nitrogens with zero attached hydrogens (tertiary/aromatic N) is 1. The monoisotopic (exact) mass is 329 g/mol. The van der Waals surface area contributed by atoms with E-state index in [0.29, 0.717) is 25.7 Å². The van der Waals surface area contributed by atoms with Crippen molar-refractivity contribution in [3.63, 3.8) is 0 Å². The van der Waals surface area contributed by atoms with Gasteiger partial charge in [-0.25, -0.2) is 0 Å². The number of ether oxygens (including phenoxy) is 1. The highest BCUT2D eigenvalue weighted by Crippen LogP contribution is 2.36. The predicted octanol–water partition coefficient (Wildman–Crippen LogP) is 2.96. The van der Waals surface area contributed by atoms with Crippen molar-refractivity contribution in [1.82, 2.24) is 4.90 Å². The summed E-state index contributed by atoms with van der Waals surface area (Å²) >= 11 is 0. The topological polar surface area (TPSA) is 49.8 Å². The summed E-state index contributed by atoms with van der Waals surface area (Å²) in [5, 5.41) is 10.2. The van der Waals surface area contributed by atoms with E-state index in [4.69, 9.17) is 4.74 Å². The third-order valence-corrected chi connectivity index (χ3v) is 6.19. The van der Waals surface area contributed by atoms with Gasteiger partial charge in [-0.3, -0.25) is 4.79 Å². The van der Waals surface area contributed by atoms with E-state index in [1.807, 2.05) is 17.0 Å². The van der Waals surface area contributed by atoms with Crippen LogP contribution in [-0.4, -0.2) is 47.8 Å². The van der Waals surface area contributed by atoms with Gasteiger partial charge in [-0.1, -0.05) is 25.0 Å². The van der Waals surface area contributed by atoms with Crippen LogP contribution in [0.3, 0.4) is 0 Å². The van der Waals surface area contributed by atoms with Gasteiger partial charge in [0.05, 0.1) is 25.4 Å². The summed E-state index contributed by atoms with van der Waals surface area (Å²) in [5.41, 5.74) is 2.13. The van der Waals surface area contributed by atoms with E-state index in [2.05, 4.69) is 12.1 Å². The van der Waals surface area contributed by atoms with E-state index in [9.17, 15) is 9.90 Å². The largest absolute Gasteiger partial charge is 0.393 e. The molecule has 1 N–H and O–H groups in total. The van der Waals surface area contributed by atoms with E-state index in [-0.39, 0.29) is 24.0 Å². The Hall–Kier alpha value is -1.39. The molecule has 3 fully saturated rings. The van der Waals surface area contributed by atoms with Crippen LogP contribution in [0, 0.1) is 5.92 Å². The van der Waals surface area contributed by atoms with E-state index in [0.717, 1.165) is 24.8 Å². The molecule has 0 radical (unpaired) electrons. The molecule has 1 aromatic carbocycles. The zero-order valence-electron chi connectivity index (χ0n) is 14.2. The Kier molecular flexibility index (Phi) is 4.59. The fraction of sp³-hybridized carbons (Fsp3) is 0.650. The number of hydrogen-bond donors (Lipinski definition) is 1. The van der Waals surface area contributed by atoms with Crippen LogP contribution < -0.4 is 0 Å². The minimum atomic E-state index is -0.298. The van der Waals surface area contributed by atoms with Gasteiger partial charge in [0.1, 0.15) is 0 Å². The summed E-state index contributed by atoms with van der Waals surface area (Å²) in [7, 11) is 0. The number of amides is 1. The van der Waals surface area contributed by atoms with Gasteiger partial charge in [-0.05, 0) is 49.3 Å². The van der Waals surface area contributed by atoms with E-state index < -0.39 is 0 Å². The zero-order chi connectivity index (χ0) is 16.5. The van der Waals surface area contributed by atoms with Crippen molar-refractivity contribution in [3.8, 4) is 0 Å². The third kappa shape index (κ3) is 2.98. The van der Waals surface area contributed by atoms with Crippen molar-refractivity contribution in [2.24, 2.45) is 5.92 Å². The van der Waals surface area contributed by atoms with Crippen molar-refractivity contribution in [3.05, 3.63) is 35.4 Å². The molecule has 24 heavy (non-hydrogen) atoms. The number of morpholine rings is 1. The summed E-state index contributed by atoms with van der Waals surface area (Å²) in [4.78, 5) is 15.0. The lowest BCUT2D eigenvalue weighted by Gasteiger charge is -2.40. The molecule has 0 unspecified atom stereocenters. The van der Waals surface area contributed by atoms with Crippen molar-refractivity contribution >= 4 is 5.91 Å². The summed E-state index contributed by atoms with van der Waals surface area (Å²) in [6.07, 6.45) is 6.45. The van der Waals surface area contributed by atoms with Gasteiger partial charge in [-0.15, -0.1) is 0 Å². The first-order chi connectivity index (χ1) is 11.7. The van der Waals surface area contributed by atoms with Gasteiger partial charge in [0, 0.05) is 18.0 Å². The summed E-state index contributed by atoms with van der Waals surface area (Å²) in [6, 6.07) is 8.21. The highest BCUT2D eigenvalue weighted by atomic mass is 16.5. The maximum atomic E-state index is 13.0. The van der Waals surface area contributed by atoms with Gasteiger partial charge in [0.15, 0.2) is 0 Å². The van der Waals surface area contributed by atoms with Gasteiger partial charge in [0.25, 0.3) is 5.91 Å². The van der Waals surface area contributed by atoms with Crippen molar-refractivity contribution < 1.29 is 14.6 Å². The van der Waals surface area contributed by atoms with Gasteiger partial charge in [-0.2, -0.15) is 0 Å². The molecule has 130 valence electrons. The minimum absolute atomic E-state index is 0.00931. The first-order valence-electron chi connectivity index (χ1n) is 9.41. The number of hydrogen-bond acceptors (Lipinski definition) is 3. The van der Waals surface area contributed by atoms with Crippen molar-refractivity contribution in [2.45, 2.75) is 56.6 Å². The van der Waals surface area contributed by atoms with E-state index >= 15 is 0 Å². The average Bonchev–Trinajstić information content (AvgIpc) is 2.99. The van der Waals surface area contributed by atoms with E-state index in [1.54, 1.807) is 0 Å². The molecule has 1 saturated heterocycles. The third-order valence-electron chi connectivity index (χ3n) is 6.19. The van der Waals surface area contributed by atoms with Crippen molar-refractivity contribution in [1.29, 1.82) is 0 Å². The number of aliphatic hydroxyl groups excluding tert-OH is 1. The summed E-state index contributed by atoms with van der Waals surface area (Å²) in [6.45, 7) is 1.76. The maximum absolute atomic E-state index is 13.0. The Bertz CT molecular complexity index is 581. The lowest BCUT2D eigenvalue weighted by molar-refractivity contribution is -0.0383. The Labute approximate surface area is 143 Å². The molecule has 1 aliphatic heterocycles. The fourth-order valence-corrected chi connectivity index (χ4v) is 4.45. The Morgan fingerprint density at radius 1 is 1.08 bits per heavy atom. The Morgan fingerprint density at radius 3 is 2.46 bits per heavy atom. The van der Waals surface area contributed by atoms with Crippen LogP contribution in [0.5, 0.6) is 0 Å². The molecular formula is C20H27NO3. The van der Waals surface area contributed by atoms with Crippen LogP contribution in [-0.2, 0) is 4.74 Å². The first-order valence-corrected chi connectivity index (χ1v) is 9.41. The van der Waals surface area contributed by atoms with E-state index in [1.165, 1.54) is 24.8 Å². The van der Waals surface area contributed by atoms with Crippen molar-refractivity contribution in [2.75, 3.05) is 19.8 Å². The van der Waals surface area contributed by atoms with Gasteiger partial charge >= 0.3 is 0 Å². The zero-order valence-corrected chi connectivity index (χ0v) is 14.2. The van der Waals surface area contributed by atoms with Gasteiger partial charge < -0.3 is 14.7 Å². The number of carbonyl (C=O) groups excluding carboxylic acids is 1. The quantitative estimate of drug-likeness (QED) is 0.927. The molecule has 2 saturated carbocycles. The van der Waals surface area contributed by atoms with Crippen LogP contribution in [0.15, 0.2) is 24.3 Å². The molecule has 3 aliphatic rings. The molecule has 2 aliphatic carbocycles. The molecule has 3 atom stereocenters. The highest BCUT2D eigenvalue weighted by molar-refractivity contribution is 5.94. The SMILES string of the molecule is O=C(c1ccc(C2CCC2)cc1)N1CCOC[C@@H]1[C@H]1CCC[C@@H]1O. The van der Waals surface area contributed by atoms with Crippen LogP contribution >= 0.6 is 0 Å². The first kappa shape index (κ1) is 16.1. The summed E-state index contributed by atoms with van der Waals surface area (Å²) < 4.78 is 5.63. The number of aliphatic hydroxyl groups is 1. The molecule has 1 heterocycles. The standard InChI is InChI=1S/C20H27NO3/c22-19-6-2-5-17(19)18-13-24-12-11-21(18)20(23)16-9-7-15(8-10-16)14-3-1-4-14/h7-10,14,17-19,22H,1-6,11-13H2/t17-,18-,19+/m1/s1. The molecule has 4 nitrogen and oxygen atoms in total. The second kappa shape index (κ2) is 6.85. The molecule has 0 bridgehead atoms. The molecule has 0 spiro atoms. The van der Waals surface area contributed by atoms with Crippen LogP contribution in [0.2, 0.25) is 0 Å². The Balaban J connectivity index is 1.50. The maximum Gasteiger partial charge on any atom is 0.254 e. The number of carbonyl (C=O) groups is 1. The normalized spacial score (nSPS) is 31.0. The molecule has 0 aromatic heterocycles. The van der Waals surface area contributed by atoms with Crippen LogP contribution in [0.25, 0.3) is 0 Å². The predicted molar refractivity (Wildman–Crippen MR) is 92.0 cm³/mol. The van der Waals surface area contributed by atoms with Crippen LogP contribution in [0.4, 0.5) is 0 Å². The molecule has 1 amide bonds. The number of benzene rings is 1. The highest BCUT2D eigenvalue weighted by Gasteiger charge is 2.39. The smallest absolute Gasteiger partial charge is 0.254 e. The molecule has 4 heteroatoms. The number of rotatable bonds is 3. The fourth-order valence-electron chi connectivity index (χ4n) is 4.45. The minimum Gasteiger partial charge on any atom is -0.393 e. The lowest BCUT2D eigenvalue weighted by atomic mass is 9.80. The van der Waals surface area contributed by atoms with Crippen LogP contribution in [0.1, 0.15) is 60.4 Å². The second-order valence-electron chi connectivity index (χ2n) is 7.55. The Morgan fingerprint density at radius 2 is 1.83 bits per heavy atom. The molecule has 1 aromatic rings. The summed E-state index contributed by atoms with van der Waals surface area (Å²) in [5.74, 6) is 0.935. The molecule has 4 rings (SSSR count). The lowest BCUT2D eigenvalue weighted by Crippen LogP contribution is -2.53. The van der Waals surface area contributed by atoms with Gasteiger partial charge in [0.2, 0.25) is 0 Å². The molecular weight excluding hydrogens is 302 g/mol. The second-order valence-corrected chi connectivity index (χ2v) is 7.55. The average molecular weight is 329 g/mol.